The van der Waals surface area contributed by atoms with Crippen molar-refractivity contribution in [2.24, 2.45) is 0 Å². The lowest BCUT2D eigenvalue weighted by Gasteiger charge is -2.29. The lowest BCUT2D eigenvalue weighted by atomic mass is 10.1. The number of amides is 2. The molecule has 0 aromatic rings. The van der Waals surface area contributed by atoms with Crippen LogP contribution in [0.1, 0.15) is 33.6 Å². The Morgan fingerprint density at radius 1 is 1.47 bits per heavy atom. The molecular weight excluding hydrogens is 218 g/mol. The van der Waals surface area contributed by atoms with E-state index in [1.807, 2.05) is 13.8 Å². The fourth-order valence-electron chi connectivity index (χ4n) is 2.18. The topological polar surface area (TPSA) is 61.4 Å². The Balaban J connectivity index is 2.62. The van der Waals surface area contributed by atoms with Gasteiger partial charge in [0.15, 0.2) is 0 Å². The molecule has 17 heavy (non-hydrogen) atoms. The molecule has 1 saturated heterocycles. The molecule has 0 unspecified atom stereocenters. The quantitative estimate of drug-likeness (QED) is 0.718. The molecule has 0 saturated carbocycles. The van der Waals surface area contributed by atoms with Crippen LogP contribution in [0.15, 0.2) is 0 Å². The smallest absolute Gasteiger partial charge is 0.242 e. The van der Waals surface area contributed by atoms with Crippen LogP contribution in [0, 0.1) is 0 Å². The predicted molar refractivity (Wildman–Crippen MR) is 66.6 cm³/mol. The molecule has 1 heterocycles. The van der Waals surface area contributed by atoms with E-state index in [-0.39, 0.29) is 17.9 Å². The molecule has 1 fully saturated rings. The van der Waals surface area contributed by atoms with E-state index in [0.717, 1.165) is 19.4 Å². The van der Waals surface area contributed by atoms with Gasteiger partial charge in [-0.05, 0) is 40.2 Å². The normalized spacial score (nSPS) is 21.0. The number of hydrogen-bond donors (Lipinski definition) is 2. The number of likely N-dealkylation sites (N-methyl/N-ethyl adjacent to an activating group) is 2. The van der Waals surface area contributed by atoms with Gasteiger partial charge in [0, 0.05) is 13.1 Å². The monoisotopic (exact) mass is 241 g/mol. The highest BCUT2D eigenvalue weighted by molar-refractivity contribution is 5.89. The van der Waals surface area contributed by atoms with Gasteiger partial charge in [0.05, 0.1) is 6.04 Å². The summed E-state index contributed by atoms with van der Waals surface area (Å²) in [6.07, 6.45) is 1.90. The highest BCUT2D eigenvalue weighted by atomic mass is 16.2. The molecule has 0 bridgehead atoms. The lowest BCUT2D eigenvalue weighted by molar-refractivity contribution is -0.141. The van der Waals surface area contributed by atoms with Crippen LogP contribution >= 0.6 is 0 Å². The first kappa shape index (κ1) is 14.0. The summed E-state index contributed by atoms with van der Waals surface area (Å²) in [7, 11) is 0. The van der Waals surface area contributed by atoms with E-state index in [1.165, 1.54) is 0 Å². The number of nitrogens with one attached hydrogen (secondary N) is 2. The molecule has 1 aliphatic rings. The third-order valence-electron chi connectivity index (χ3n) is 3.18. The zero-order valence-electron chi connectivity index (χ0n) is 11.0. The van der Waals surface area contributed by atoms with Crippen LogP contribution in [-0.4, -0.2) is 48.4 Å². The minimum Gasteiger partial charge on any atom is -0.355 e. The SMILES string of the molecule is CCNC(=O)[C@@H](C)N(CC)C(=O)[C@@H]1CCCN1. The number of carbonyl (C=O) groups is 2. The second-order valence-electron chi connectivity index (χ2n) is 4.34. The fourth-order valence-corrected chi connectivity index (χ4v) is 2.18. The summed E-state index contributed by atoms with van der Waals surface area (Å²) >= 11 is 0. The van der Waals surface area contributed by atoms with E-state index in [4.69, 9.17) is 0 Å². The van der Waals surface area contributed by atoms with Gasteiger partial charge in [0.1, 0.15) is 6.04 Å². The van der Waals surface area contributed by atoms with Crippen molar-refractivity contribution in [3.63, 3.8) is 0 Å². The van der Waals surface area contributed by atoms with E-state index in [0.29, 0.717) is 13.1 Å². The van der Waals surface area contributed by atoms with Crippen LogP contribution in [0.25, 0.3) is 0 Å². The van der Waals surface area contributed by atoms with Crippen LogP contribution in [0.4, 0.5) is 0 Å². The Morgan fingerprint density at radius 2 is 2.18 bits per heavy atom. The largest absolute Gasteiger partial charge is 0.355 e. The summed E-state index contributed by atoms with van der Waals surface area (Å²) in [6, 6.07) is -0.498. The third-order valence-corrected chi connectivity index (χ3v) is 3.18. The average molecular weight is 241 g/mol. The molecule has 2 N–H and O–H groups in total. The van der Waals surface area contributed by atoms with E-state index >= 15 is 0 Å². The van der Waals surface area contributed by atoms with E-state index < -0.39 is 6.04 Å². The Labute approximate surface area is 103 Å². The van der Waals surface area contributed by atoms with Crippen LogP contribution in [-0.2, 0) is 9.59 Å². The van der Waals surface area contributed by atoms with Crippen molar-refractivity contribution in [3.8, 4) is 0 Å². The molecule has 0 radical (unpaired) electrons. The van der Waals surface area contributed by atoms with Crippen LogP contribution in [0.3, 0.4) is 0 Å². The van der Waals surface area contributed by atoms with Crippen molar-refractivity contribution in [1.29, 1.82) is 0 Å². The van der Waals surface area contributed by atoms with Crippen LogP contribution in [0.5, 0.6) is 0 Å². The second-order valence-corrected chi connectivity index (χ2v) is 4.34. The van der Waals surface area contributed by atoms with E-state index in [1.54, 1.807) is 11.8 Å². The van der Waals surface area contributed by atoms with Gasteiger partial charge in [0.2, 0.25) is 11.8 Å². The van der Waals surface area contributed by atoms with Crippen molar-refractivity contribution in [1.82, 2.24) is 15.5 Å². The molecule has 5 nitrogen and oxygen atoms in total. The highest BCUT2D eigenvalue weighted by Crippen LogP contribution is 2.11. The van der Waals surface area contributed by atoms with Gasteiger partial charge in [-0.2, -0.15) is 0 Å². The van der Waals surface area contributed by atoms with Crippen molar-refractivity contribution in [3.05, 3.63) is 0 Å². The summed E-state index contributed by atoms with van der Waals surface area (Å²) in [5, 5.41) is 5.93. The average Bonchev–Trinajstić information content (AvgIpc) is 2.83. The van der Waals surface area contributed by atoms with Crippen molar-refractivity contribution in [2.45, 2.75) is 45.7 Å². The van der Waals surface area contributed by atoms with Gasteiger partial charge in [-0.15, -0.1) is 0 Å². The zero-order chi connectivity index (χ0) is 12.8. The Kier molecular flexibility index (Phi) is 5.41. The van der Waals surface area contributed by atoms with Gasteiger partial charge in [-0.3, -0.25) is 9.59 Å². The molecule has 1 aliphatic heterocycles. The first-order chi connectivity index (χ1) is 8.11. The molecule has 0 aliphatic carbocycles. The minimum atomic E-state index is -0.394. The molecule has 2 amide bonds. The second kappa shape index (κ2) is 6.59. The summed E-state index contributed by atoms with van der Waals surface area (Å²) in [6.45, 7) is 7.61. The summed E-state index contributed by atoms with van der Waals surface area (Å²) in [4.78, 5) is 25.6. The number of carbonyl (C=O) groups excluding carboxylic acids is 2. The molecule has 0 spiro atoms. The molecule has 5 heteroatoms. The third kappa shape index (κ3) is 3.43. The van der Waals surface area contributed by atoms with Crippen molar-refractivity contribution < 1.29 is 9.59 Å². The molecular formula is C12H23N3O2. The maximum absolute atomic E-state index is 12.2. The number of nitrogens with zero attached hydrogens (tertiary/aromatic N) is 1. The highest BCUT2D eigenvalue weighted by Gasteiger charge is 2.31. The standard InChI is InChI=1S/C12H23N3O2/c1-4-13-11(16)9(3)15(5-2)12(17)10-7-6-8-14-10/h9-10,14H,4-8H2,1-3H3,(H,13,16)/t9-,10+/m1/s1. The van der Waals surface area contributed by atoms with Gasteiger partial charge < -0.3 is 15.5 Å². The molecule has 1 rings (SSSR count). The van der Waals surface area contributed by atoms with Gasteiger partial charge in [-0.1, -0.05) is 0 Å². The van der Waals surface area contributed by atoms with E-state index in [2.05, 4.69) is 10.6 Å². The van der Waals surface area contributed by atoms with Crippen LogP contribution in [0.2, 0.25) is 0 Å². The van der Waals surface area contributed by atoms with Gasteiger partial charge >= 0.3 is 0 Å². The zero-order valence-corrected chi connectivity index (χ0v) is 11.0. The number of rotatable bonds is 5. The first-order valence-electron chi connectivity index (χ1n) is 6.43. The molecule has 98 valence electrons. The van der Waals surface area contributed by atoms with Gasteiger partial charge in [0.25, 0.3) is 0 Å². The summed E-state index contributed by atoms with van der Waals surface area (Å²) < 4.78 is 0. The fraction of sp³-hybridized carbons (Fsp3) is 0.833. The Hall–Kier alpha value is -1.10. The van der Waals surface area contributed by atoms with Crippen molar-refractivity contribution in [2.75, 3.05) is 19.6 Å². The summed E-state index contributed by atoms with van der Waals surface area (Å²) in [5.74, 6) is -0.0375. The lowest BCUT2D eigenvalue weighted by Crippen LogP contribution is -2.52. The molecule has 0 aromatic carbocycles. The van der Waals surface area contributed by atoms with Crippen molar-refractivity contribution >= 4 is 11.8 Å². The Morgan fingerprint density at radius 3 is 2.65 bits per heavy atom. The van der Waals surface area contributed by atoms with E-state index in [9.17, 15) is 9.59 Å². The maximum atomic E-state index is 12.2. The molecule has 0 aromatic heterocycles. The Bertz CT molecular complexity index is 275. The van der Waals surface area contributed by atoms with Gasteiger partial charge in [-0.25, -0.2) is 0 Å². The predicted octanol–water partition coefficient (Wildman–Crippen LogP) is 0.112. The first-order valence-corrected chi connectivity index (χ1v) is 6.43. The number of hydrogen-bond acceptors (Lipinski definition) is 3. The summed E-state index contributed by atoms with van der Waals surface area (Å²) in [5.41, 5.74) is 0. The minimum absolute atomic E-state index is 0.0451. The maximum Gasteiger partial charge on any atom is 0.242 e. The van der Waals surface area contributed by atoms with Crippen LogP contribution < -0.4 is 10.6 Å². The molecule has 2 atom stereocenters.